The molecule has 0 amide bonds. The number of halogens is 1. The molecule has 12 heteroatoms. The molecule has 0 saturated heterocycles. The predicted octanol–water partition coefficient (Wildman–Crippen LogP) is 4.43. The number of imidazole rings is 1. The quantitative estimate of drug-likeness (QED) is 0.236. The third-order valence-electron chi connectivity index (χ3n) is 6.02. The lowest BCUT2D eigenvalue weighted by atomic mass is 10.1. The van der Waals surface area contributed by atoms with E-state index in [-0.39, 0.29) is 12.2 Å². The average molecular weight is 547 g/mol. The van der Waals surface area contributed by atoms with E-state index < -0.39 is 11.8 Å². The summed E-state index contributed by atoms with van der Waals surface area (Å²) in [6, 6.07) is 11.4. The number of nitrogens with zero attached hydrogens (tertiary/aromatic N) is 6. The van der Waals surface area contributed by atoms with Crippen LogP contribution >= 0.6 is 11.3 Å². The minimum atomic E-state index is -0.495. The monoisotopic (exact) mass is 546 g/mol. The molecule has 0 atom stereocenters. The fourth-order valence-electron chi connectivity index (χ4n) is 4.03. The molecule has 5 aromatic rings. The molecular weight excluding hydrogens is 523 g/mol. The highest BCUT2D eigenvalue weighted by atomic mass is 32.1. The van der Waals surface area contributed by atoms with Gasteiger partial charge in [-0.15, -0.1) is 0 Å². The molecule has 10 nitrogen and oxygen atoms in total. The Hall–Kier alpha value is -4.60. The van der Waals surface area contributed by atoms with Crippen molar-refractivity contribution < 1.29 is 23.4 Å². The first-order valence-electron chi connectivity index (χ1n) is 11.8. The minimum absolute atomic E-state index is 0.000851. The molecule has 0 fully saturated rings. The summed E-state index contributed by atoms with van der Waals surface area (Å²) in [5, 5.41) is 15.6. The van der Waals surface area contributed by atoms with Gasteiger partial charge in [0, 0.05) is 36.4 Å². The summed E-state index contributed by atoms with van der Waals surface area (Å²) in [6.07, 6.45) is 3.57. The summed E-state index contributed by atoms with van der Waals surface area (Å²) in [5.41, 5.74) is 4.06. The normalized spacial score (nSPS) is 11.0. The van der Waals surface area contributed by atoms with Crippen molar-refractivity contribution in [3.8, 4) is 22.5 Å². The number of methoxy groups -OCH3 is 2. The first-order chi connectivity index (χ1) is 19.0. The first-order valence-corrected chi connectivity index (χ1v) is 12.7. The van der Waals surface area contributed by atoms with Crippen molar-refractivity contribution in [3.63, 3.8) is 0 Å². The number of carbonyl (C=O) groups is 1. The van der Waals surface area contributed by atoms with Crippen LogP contribution in [0.1, 0.15) is 27.3 Å². The molecular formula is C27H23FN6O4S. The Kier molecular flexibility index (Phi) is 7.62. The van der Waals surface area contributed by atoms with Crippen LogP contribution in [-0.4, -0.2) is 51.1 Å². The van der Waals surface area contributed by atoms with Gasteiger partial charge in [-0.2, -0.15) is 10.4 Å². The number of nitriles is 1. The summed E-state index contributed by atoms with van der Waals surface area (Å²) in [5.74, 6) is -0.154. The highest BCUT2D eigenvalue weighted by Crippen LogP contribution is 2.27. The van der Waals surface area contributed by atoms with Crippen LogP contribution in [0.5, 0.6) is 5.19 Å². The van der Waals surface area contributed by atoms with Crippen molar-refractivity contribution in [2.24, 2.45) is 0 Å². The molecule has 0 aliphatic heterocycles. The molecule has 3 heterocycles. The van der Waals surface area contributed by atoms with Gasteiger partial charge >= 0.3 is 5.97 Å². The van der Waals surface area contributed by atoms with Crippen LogP contribution in [0.3, 0.4) is 0 Å². The van der Waals surface area contributed by atoms with Gasteiger partial charge in [0.05, 0.1) is 60.4 Å². The van der Waals surface area contributed by atoms with Gasteiger partial charge in [-0.1, -0.05) is 17.4 Å². The minimum Gasteiger partial charge on any atom is -0.465 e. The summed E-state index contributed by atoms with van der Waals surface area (Å²) in [4.78, 5) is 21.3. The molecule has 3 aromatic heterocycles. The van der Waals surface area contributed by atoms with Gasteiger partial charge < -0.3 is 18.8 Å². The number of aromatic nitrogens is 5. The molecule has 0 unspecified atom stereocenters. The number of hydrogen-bond acceptors (Lipinski definition) is 9. The molecule has 0 N–H and O–H groups in total. The third-order valence-corrected chi connectivity index (χ3v) is 6.77. The van der Waals surface area contributed by atoms with Crippen LogP contribution in [0.15, 0.2) is 54.2 Å². The van der Waals surface area contributed by atoms with Crippen molar-refractivity contribution in [1.82, 2.24) is 24.3 Å². The molecule has 0 aliphatic carbocycles. The van der Waals surface area contributed by atoms with Crippen molar-refractivity contribution >= 4 is 28.3 Å². The molecule has 0 bridgehead atoms. The zero-order valence-corrected chi connectivity index (χ0v) is 21.9. The predicted molar refractivity (Wildman–Crippen MR) is 141 cm³/mol. The number of rotatable bonds is 10. The Morgan fingerprint density at radius 1 is 1.18 bits per heavy atom. The van der Waals surface area contributed by atoms with Gasteiger partial charge in [0.25, 0.3) is 5.19 Å². The van der Waals surface area contributed by atoms with E-state index in [0.717, 1.165) is 22.4 Å². The fourth-order valence-corrected chi connectivity index (χ4v) is 4.71. The number of carbonyl (C=O) groups excluding carboxylic acids is 1. The van der Waals surface area contributed by atoms with Gasteiger partial charge in [0.2, 0.25) is 0 Å². The highest BCUT2D eigenvalue weighted by Gasteiger charge is 2.16. The van der Waals surface area contributed by atoms with Crippen molar-refractivity contribution in [3.05, 3.63) is 82.5 Å². The summed E-state index contributed by atoms with van der Waals surface area (Å²) < 4.78 is 33.7. The largest absolute Gasteiger partial charge is 0.465 e. The number of esters is 1. The topological polar surface area (TPSA) is 117 Å². The second-order valence-corrected chi connectivity index (χ2v) is 9.32. The molecule has 198 valence electrons. The Balaban J connectivity index is 1.32. The zero-order chi connectivity index (χ0) is 27.4. The van der Waals surface area contributed by atoms with Crippen molar-refractivity contribution in [2.75, 3.05) is 20.8 Å². The maximum atomic E-state index is 14.1. The Morgan fingerprint density at radius 3 is 2.82 bits per heavy atom. The Morgan fingerprint density at radius 2 is 2.05 bits per heavy atom. The van der Waals surface area contributed by atoms with Crippen LogP contribution in [0, 0.1) is 17.1 Å². The second kappa shape index (κ2) is 11.4. The lowest BCUT2D eigenvalue weighted by molar-refractivity contribution is 0.0601. The van der Waals surface area contributed by atoms with E-state index in [2.05, 4.69) is 10.1 Å². The maximum Gasteiger partial charge on any atom is 0.337 e. The first kappa shape index (κ1) is 26.0. The number of fused-ring (bicyclic) bond motifs is 1. The average Bonchev–Trinajstić information content (AvgIpc) is 3.69. The SMILES string of the molecule is COCCn1c(Cn2cc(-c3csc(OCc4ccc(C#N)cc4F)n3)cn2)nc2ccc(C(=O)OC)cc21. The van der Waals surface area contributed by atoms with E-state index in [1.54, 1.807) is 42.3 Å². The van der Waals surface area contributed by atoms with Gasteiger partial charge in [0.1, 0.15) is 18.2 Å². The van der Waals surface area contributed by atoms with E-state index in [1.807, 2.05) is 22.2 Å². The Labute approximate surface area is 226 Å². The van der Waals surface area contributed by atoms with Crippen LogP contribution in [-0.2, 0) is 29.2 Å². The molecule has 2 aromatic carbocycles. The Bertz CT molecular complexity index is 1690. The second-order valence-electron chi connectivity index (χ2n) is 8.50. The standard InChI is InChI=1S/C27H23FN6O4S/c1-36-8-7-34-24-10-18(26(35)37-2)5-6-22(24)31-25(34)14-33-13-20(12-30-33)23-16-39-27(32-23)38-15-19-4-3-17(11-29)9-21(19)28/h3-6,9-10,12-13,16H,7-8,14-15H2,1-2H3. The molecule has 5 rings (SSSR count). The van der Waals surface area contributed by atoms with Crippen LogP contribution in [0.25, 0.3) is 22.3 Å². The van der Waals surface area contributed by atoms with E-state index >= 15 is 0 Å². The molecule has 0 aliphatic rings. The van der Waals surface area contributed by atoms with E-state index in [0.29, 0.717) is 41.7 Å². The lowest BCUT2D eigenvalue weighted by Crippen LogP contribution is -2.12. The summed E-state index contributed by atoms with van der Waals surface area (Å²) in [6.45, 7) is 1.41. The number of thiazole rings is 1. The molecule has 39 heavy (non-hydrogen) atoms. The summed E-state index contributed by atoms with van der Waals surface area (Å²) in [7, 11) is 2.98. The number of ether oxygens (including phenoxy) is 3. The van der Waals surface area contributed by atoms with Gasteiger partial charge in [-0.05, 0) is 30.3 Å². The third kappa shape index (κ3) is 5.64. The van der Waals surface area contributed by atoms with Crippen molar-refractivity contribution in [2.45, 2.75) is 19.7 Å². The zero-order valence-electron chi connectivity index (χ0n) is 21.1. The van der Waals surface area contributed by atoms with Crippen molar-refractivity contribution in [1.29, 1.82) is 5.26 Å². The van der Waals surface area contributed by atoms with Crippen LogP contribution < -0.4 is 4.74 Å². The van der Waals surface area contributed by atoms with E-state index in [1.165, 1.54) is 30.6 Å². The van der Waals surface area contributed by atoms with Gasteiger partial charge in [0.15, 0.2) is 0 Å². The lowest BCUT2D eigenvalue weighted by Gasteiger charge is -2.09. The van der Waals surface area contributed by atoms with Crippen LogP contribution in [0.4, 0.5) is 4.39 Å². The molecule has 0 saturated carbocycles. The van der Waals surface area contributed by atoms with Crippen LogP contribution in [0.2, 0.25) is 0 Å². The maximum absolute atomic E-state index is 14.1. The van der Waals surface area contributed by atoms with E-state index in [4.69, 9.17) is 24.5 Å². The van der Waals surface area contributed by atoms with E-state index in [9.17, 15) is 9.18 Å². The smallest absolute Gasteiger partial charge is 0.337 e. The van der Waals surface area contributed by atoms with Gasteiger partial charge in [-0.3, -0.25) is 4.68 Å². The molecule has 0 radical (unpaired) electrons. The summed E-state index contributed by atoms with van der Waals surface area (Å²) >= 11 is 1.30. The number of benzene rings is 2. The number of hydrogen-bond donors (Lipinski definition) is 0. The van der Waals surface area contributed by atoms with Gasteiger partial charge in [-0.25, -0.2) is 19.2 Å². The fraction of sp³-hybridized carbons (Fsp3) is 0.222. The highest BCUT2D eigenvalue weighted by molar-refractivity contribution is 7.11. The molecule has 0 spiro atoms.